The van der Waals surface area contributed by atoms with Gasteiger partial charge < -0.3 is 10.2 Å². The lowest BCUT2D eigenvalue weighted by atomic mass is 9.82. The van der Waals surface area contributed by atoms with E-state index in [2.05, 4.69) is 39.6 Å². The second-order valence-corrected chi connectivity index (χ2v) is 6.49. The second-order valence-electron chi connectivity index (χ2n) is 6.49. The maximum Gasteiger partial charge on any atom is 0.0950 e. The third-order valence-electron chi connectivity index (χ3n) is 5.25. The average Bonchev–Trinajstić information content (AvgIpc) is 2.49. The Morgan fingerprint density at radius 1 is 1.14 bits per heavy atom. The van der Waals surface area contributed by atoms with Crippen molar-refractivity contribution in [3.05, 3.63) is 30.5 Å². The Morgan fingerprint density at radius 3 is 2.71 bits per heavy atom. The summed E-state index contributed by atoms with van der Waals surface area (Å²) >= 11 is 0. The normalized spacial score (nSPS) is 29.5. The summed E-state index contributed by atoms with van der Waals surface area (Å²) in [5.74, 6) is 0. The number of rotatable bonds is 2. The molecule has 0 amide bonds. The van der Waals surface area contributed by atoms with Gasteiger partial charge in [-0.1, -0.05) is 24.6 Å². The first-order valence-electron chi connectivity index (χ1n) is 8.00. The third-order valence-corrected chi connectivity index (χ3v) is 5.25. The standard InChI is InChI=1S/C17H22N4/c1-21-13-5-4-6-14(21)10-12(9-13)19-17-11-18-20-16-8-3-2-7-15(16)17/h2-3,7-8,11-14H,4-6,9-10H2,1H3,(H,19,20). The molecular formula is C17H22N4. The second kappa shape index (κ2) is 5.26. The van der Waals surface area contributed by atoms with Gasteiger partial charge in [-0.25, -0.2) is 0 Å². The number of benzene rings is 1. The fourth-order valence-electron chi connectivity index (χ4n) is 4.08. The zero-order chi connectivity index (χ0) is 14.2. The molecule has 4 rings (SSSR count). The van der Waals surface area contributed by atoms with Crippen LogP contribution in [0.1, 0.15) is 32.1 Å². The maximum atomic E-state index is 4.21. The summed E-state index contributed by atoms with van der Waals surface area (Å²) in [6, 6.07) is 10.3. The Kier molecular flexibility index (Phi) is 3.26. The Balaban J connectivity index is 1.58. The predicted octanol–water partition coefficient (Wildman–Crippen LogP) is 3.06. The largest absolute Gasteiger partial charge is 0.380 e. The topological polar surface area (TPSA) is 41.0 Å². The smallest absolute Gasteiger partial charge is 0.0950 e. The molecule has 110 valence electrons. The van der Waals surface area contributed by atoms with Gasteiger partial charge in [-0.3, -0.25) is 0 Å². The van der Waals surface area contributed by atoms with Crippen molar-refractivity contribution < 1.29 is 0 Å². The first-order chi connectivity index (χ1) is 10.3. The van der Waals surface area contributed by atoms with Crippen LogP contribution in [0.5, 0.6) is 0 Å². The maximum absolute atomic E-state index is 4.21. The summed E-state index contributed by atoms with van der Waals surface area (Å²) in [5, 5.41) is 13.3. The van der Waals surface area contributed by atoms with Crippen molar-refractivity contribution in [2.75, 3.05) is 12.4 Å². The van der Waals surface area contributed by atoms with Crippen LogP contribution in [0.4, 0.5) is 5.69 Å². The van der Waals surface area contributed by atoms with Crippen molar-refractivity contribution >= 4 is 16.6 Å². The molecule has 4 heteroatoms. The van der Waals surface area contributed by atoms with E-state index in [9.17, 15) is 0 Å². The van der Waals surface area contributed by atoms with Gasteiger partial charge in [0.1, 0.15) is 0 Å². The number of nitrogens with zero attached hydrogens (tertiary/aromatic N) is 3. The van der Waals surface area contributed by atoms with Crippen LogP contribution < -0.4 is 5.32 Å². The highest BCUT2D eigenvalue weighted by atomic mass is 15.2. The Labute approximate surface area is 125 Å². The summed E-state index contributed by atoms with van der Waals surface area (Å²) in [6.07, 6.45) is 8.44. The van der Waals surface area contributed by atoms with E-state index < -0.39 is 0 Å². The van der Waals surface area contributed by atoms with E-state index in [-0.39, 0.29) is 0 Å². The van der Waals surface area contributed by atoms with Crippen molar-refractivity contribution in [1.82, 2.24) is 15.1 Å². The molecule has 2 bridgehead atoms. The van der Waals surface area contributed by atoms with E-state index in [1.807, 2.05) is 18.3 Å². The quantitative estimate of drug-likeness (QED) is 0.919. The molecule has 2 unspecified atom stereocenters. The fourth-order valence-corrected chi connectivity index (χ4v) is 4.08. The summed E-state index contributed by atoms with van der Waals surface area (Å²) in [7, 11) is 2.30. The molecule has 2 fully saturated rings. The molecule has 1 aromatic heterocycles. The molecule has 0 spiro atoms. The number of aromatic nitrogens is 2. The van der Waals surface area contributed by atoms with E-state index in [4.69, 9.17) is 0 Å². The van der Waals surface area contributed by atoms with Crippen LogP contribution in [-0.4, -0.2) is 40.3 Å². The van der Waals surface area contributed by atoms with Crippen LogP contribution in [0.3, 0.4) is 0 Å². The molecule has 1 N–H and O–H groups in total. The molecule has 4 nitrogen and oxygen atoms in total. The zero-order valence-corrected chi connectivity index (χ0v) is 12.5. The highest BCUT2D eigenvalue weighted by Crippen LogP contribution is 2.34. The number of fused-ring (bicyclic) bond motifs is 3. The summed E-state index contributed by atoms with van der Waals surface area (Å²) < 4.78 is 0. The van der Waals surface area contributed by atoms with Crippen LogP contribution in [0.2, 0.25) is 0 Å². The van der Waals surface area contributed by atoms with Gasteiger partial charge >= 0.3 is 0 Å². The van der Waals surface area contributed by atoms with Crippen molar-refractivity contribution in [3.8, 4) is 0 Å². The summed E-state index contributed by atoms with van der Waals surface area (Å²) in [5.41, 5.74) is 2.10. The highest BCUT2D eigenvalue weighted by molar-refractivity contribution is 5.90. The van der Waals surface area contributed by atoms with E-state index in [0.29, 0.717) is 6.04 Å². The van der Waals surface area contributed by atoms with Crippen LogP contribution in [0, 0.1) is 0 Å². The monoisotopic (exact) mass is 282 g/mol. The zero-order valence-electron chi connectivity index (χ0n) is 12.5. The van der Waals surface area contributed by atoms with Gasteiger partial charge in [-0.15, -0.1) is 0 Å². The average molecular weight is 282 g/mol. The minimum atomic E-state index is 0.559. The molecule has 2 aliphatic heterocycles. The van der Waals surface area contributed by atoms with Crippen LogP contribution in [0.15, 0.2) is 30.5 Å². The van der Waals surface area contributed by atoms with Gasteiger partial charge in [0, 0.05) is 23.5 Å². The number of piperidine rings is 2. The van der Waals surface area contributed by atoms with Crippen LogP contribution in [-0.2, 0) is 0 Å². The third kappa shape index (κ3) is 2.38. The Bertz CT molecular complexity index is 622. The number of anilines is 1. The Hall–Kier alpha value is -1.68. The van der Waals surface area contributed by atoms with Crippen molar-refractivity contribution in [2.45, 2.75) is 50.2 Å². The van der Waals surface area contributed by atoms with Gasteiger partial charge in [0.2, 0.25) is 0 Å². The molecule has 2 saturated heterocycles. The van der Waals surface area contributed by atoms with Gasteiger partial charge in [0.25, 0.3) is 0 Å². The van der Waals surface area contributed by atoms with E-state index in [1.54, 1.807) is 0 Å². The molecule has 2 aromatic rings. The molecule has 3 heterocycles. The molecule has 21 heavy (non-hydrogen) atoms. The lowest BCUT2D eigenvalue weighted by Crippen LogP contribution is -2.52. The van der Waals surface area contributed by atoms with E-state index in [0.717, 1.165) is 23.3 Å². The lowest BCUT2D eigenvalue weighted by molar-refractivity contribution is 0.0609. The molecule has 0 radical (unpaired) electrons. The van der Waals surface area contributed by atoms with E-state index >= 15 is 0 Å². The van der Waals surface area contributed by atoms with Gasteiger partial charge in [-0.05, 0) is 38.8 Å². The SMILES string of the molecule is CN1C2CCCC1CC(Nc1cnnc3ccccc13)C2. The number of hydrogen-bond donors (Lipinski definition) is 1. The lowest BCUT2D eigenvalue weighted by Gasteiger charge is -2.47. The first-order valence-corrected chi connectivity index (χ1v) is 8.00. The highest BCUT2D eigenvalue weighted by Gasteiger charge is 2.35. The molecule has 0 aliphatic carbocycles. The van der Waals surface area contributed by atoms with Gasteiger partial charge in [-0.2, -0.15) is 10.2 Å². The molecule has 1 aromatic carbocycles. The van der Waals surface area contributed by atoms with Crippen molar-refractivity contribution in [3.63, 3.8) is 0 Å². The minimum Gasteiger partial charge on any atom is -0.380 e. The van der Waals surface area contributed by atoms with Crippen LogP contribution >= 0.6 is 0 Å². The summed E-state index contributed by atoms with van der Waals surface area (Å²) in [6.45, 7) is 0. The minimum absolute atomic E-state index is 0.559. The Morgan fingerprint density at radius 2 is 1.90 bits per heavy atom. The van der Waals surface area contributed by atoms with Crippen LogP contribution in [0.25, 0.3) is 10.9 Å². The van der Waals surface area contributed by atoms with Gasteiger partial charge in [0.15, 0.2) is 0 Å². The molecule has 2 atom stereocenters. The number of hydrogen-bond acceptors (Lipinski definition) is 4. The van der Waals surface area contributed by atoms with Crippen molar-refractivity contribution in [2.24, 2.45) is 0 Å². The number of nitrogens with one attached hydrogen (secondary N) is 1. The molecule has 2 aliphatic rings. The first kappa shape index (κ1) is 13.0. The molecular weight excluding hydrogens is 260 g/mol. The summed E-state index contributed by atoms with van der Waals surface area (Å²) in [4.78, 5) is 2.60. The molecule has 0 saturated carbocycles. The predicted molar refractivity (Wildman–Crippen MR) is 85.4 cm³/mol. The van der Waals surface area contributed by atoms with E-state index in [1.165, 1.54) is 37.5 Å². The fraction of sp³-hybridized carbons (Fsp3) is 0.529. The van der Waals surface area contributed by atoms with Crippen molar-refractivity contribution in [1.29, 1.82) is 0 Å². The van der Waals surface area contributed by atoms with Gasteiger partial charge in [0.05, 0.1) is 17.4 Å².